The summed E-state index contributed by atoms with van der Waals surface area (Å²) in [5, 5.41) is 0.464. The third kappa shape index (κ3) is 2.92. The Morgan fingerprint density at radius 2 is 1.62 bits per heavy atom. The zero-order chi connectivity index (χ0) is 17.5. The number of anilines is 1. The molecule has 1 aliphatic rings. The Labute approximate surface area is 140 Å². The van der Waals surface area contributed by atoms with Crippen LogP contribution in [0, 0.1) is 0 Å². The molecule has 0 unspecified atom stereocenters. The summed E-state index contributed by atoms with van der Waals surface area (Å²) in [5.74, 6) is -1.37. The summed E-state index contributed by atoms with van der Waals surface area (Å²) in [6, 6.07) is 10.3. The van der Waals surface area contributed by atoms with E-state index in [0.717, 1.165) is 29.2 Å². The first kappa shape index (κ1) is 16.3. The third-order valence-corrected chi connectivity index (χ3v) is 3.76. The van der Waals surface area contributed by atoms with Crippen LogP contribution in [0.3, 0.4) is 0 Å². The average molecular weight is 352 g/mol. The lowest BCUT2D eigenvalue weighted by molar-refractivity contribution is -0.137. The predicted octanol–water partition coefficient (Wildman–Crippen LogP) is 4.32. The minimum atomic E-state index is -4.56. The highest BCUT2D eigenvalue weighted by atomic mass is 35.5. The number of carbonyl (C=O) groups excluding carboxylic acids is 2. The summed E-state index contributed by atoms with van der Waals surface area (Å²) < 4.78 is 38.4. The number of rotatable bonds is 2. The lowest BCUT2D eigenvalue weighted by atomic mass is 10.1. The second-order valence-corrected chi connectivity index (χ2v) is 5.53. The molecule has 0 fully saturated rings. The topological polar surface area (TPSA) is 37.4 Å². The number of imide groups is 1. The van der Waals surface area contributed by atoms with Gasteiger partial charge in [-0.3, -0.25) is 9.59 Å². The number of halogens is 4. The molecule has 24 heavy (non-hydrogen) atoms. The van der Waals surface area contributed by atoms with Crippen molar-refractivity contribution in [2.24, 2.45) is 0 Å². The van der Waals surface area contributed by atoms with Crippen LogP contribution in [0.4, 0.5) is 18.9 Å². The van der Waals surface area contributed by atoms with Crippen molar-refractivity contribution >= 4 is 34.7 Å². The molecule has 7 heteroatoms. The molecule has 0 saturated heterocycles. The van der Waals surface area contributed by atoms with Crippen molar-refractivity contribution in [1.29, 1.82) is 0 Å². The molecular weight excluding hydrogens is 343 g/mol. The third-order valence-electron chi connectivity index (χ3n) is 3.51. The van der Waals surface area contributed by atoms with Crippen LogP contribution in [0.1, 0.15) is 11.1 Å². The van der Waals surface area contributed by atoms with E-state index in [4.69, 9.17) is 11.6 Å². The fraction of sp³-hybridized carbons (Fsp3) is 0.0588. The quantitative estimate of drug-likeness (QED) is 0.756. The maximum atomic E-state index is 12.8. The van der Waals surface area contributed by atoms with Gasteiger partial charge in [-0.1, -0.05) is 29.8 Å². The van der Waals surface area contributed by atoms with Gasteiger partial charge in [-0.25, -0.2) is 4.90 Å². The van der Waals surface area contributed by atoms with Gasteiger partial charge in [0.05, 0.1) is 16.8 Å². The van der Waals surface area contributed by atoms with Gasteiger partial charge < -0.3 is 0 Å². The van der Waals surface area contributed by atoms with Gasteiger partial charge >= 0.3 is 6.18 Å². The highest BCUT2D eigenvalue weighted by Crippen LogP contribution is 2.34. The minimum absolute atomic E-state index is 0.106. The first-order chi connectivity index (χ1) is 11.3. The van der Waals surface area contributed by atoms with Crippen LogP contribution < -0.4 is 4.90 Å². The van der Waals surface area contributed by atoms with Gasteiger partial charge in [-0.2, -0.15) is 13.2 Å². The Morgan fingerprint density at radius 1 is 0.958 bits per heavy atom. The Bertz CT molecular complexity index is 857. The number of benzene rings is 2. The molecule has 0 aliphatic carbocycles. The fourth-order valence-corrected chi connectivity index (χ4v) is 2.50. The molecule has 122 valence electrons. The Morgan fingerprint density at radius 3 is 2.25 bits per heavy atom. The number of hydrogen-bond acceptors (Lipinski definition) is 2. The van der Waals surface area contributed by atoms with Crippen LogP contribution in [0.15, 0.2) is 54.6 Å². The van der Waals surface area contributed by atoms with Gasteiger partial charge in [-0.15, -0.1) is 0 Å². The van der Waals surface area contributed by atoms with Crippen LogP contribution in [-0.2, 0) is 15.8 Å². The summed E-state index contributed by atoms with van der Waals surface area (Å²) >= 11 is 5.78. The Kier molecular flexibility index (Phi) is 3.93. The van der Waals surface area contributed by atoms with Gasteiger partial charge in [-0.05, 0) is 35.9 Å². The van der Waals surface area contributed by atoms with Crippen LogP contribution in [0.25, 0.3) is 5.57 Å². The summed E-state index contributed by atoms with van der Waals surface area (Å²) in [6.07, 6.45) is -3.46. The van der Waals surface area contributed by atoms with Crippen molar-refractivity contribution in [1.82, 2.24) is 0 Å². The van der Waals surface area contributed by atoms with E-state index in [1.165, 1.54) is 6.07 Å². The molecular formula is C17H9ClF3NO2. The summed E-state index contributed by atoms with van der Waals surface area (Å²) in [6.45, 7) is 0. The minimum Gasteiger partial charge on any atom is -0.269 e. The van der Waals surface area contributed by atoms with E-state index in [1.54, 1.807) is 24.3 Å². The zero-order valence-corrected chi connectivity index (χ0v) is 12.7. The van der Waals surface area contributed by atoms with Gasteiger partial charge in [0.2, 0.25) is 0 Å². The molecule has 0 bridgehead atoms. The number of amides is 2. The Balaban J connectivity index is 1.96. The molecule has 2 aromatic rings. The second kappa shape index (κ2) is 5.79. The number of alkyl halides is 3. The Hall–Kier alpha value is -2.60. The lowest BCUT2D eigenvalue weighted by Crippen LogP contribution is -2.30. The maximum absolute atomic E-state index is 12.8. The molecule has 0 N–H and O–H groups in total. The average Bonchev–Trinajstić information content (AvgIpc) is 2.82. The molecule has 0 radical (unpaired) electrons. The molecule has 2 amide bonds. The van der Waals surface area contributed by atoms with E-state index in [9.17, 15) is 22.8 Å². The van der Waals surface area contributed by atoms with Crippen LogP contribution in [-0.4, -0.2) is 11.8 Å². The smallest absolute Gasteiger partial charge is 0.269 e. The number of hydrogen-bond donors (Lipinski definition) is 0. The number of carbonyl (C=O) groups is 2. The van der Waals surface area contributed by atoms with Crippen LogP contribution in [0.2, 0.25) is 5.02 Å². The molecule has 1 heterocycles. The number of nitrogens with zero attached hydrogens (tertiary/aromatic N) is 1. The van der Waals surface area contributed by atoms with Gasteiger partial charge in [0.15, 0.2) is 0 Å². The normalized spacial score (nSPS) is 15.0. The first-order valence-corrected chi connectivity index (χ1v) is 7.18. The van der Waals surface area contributed by atoms with Gasteiger partial charge in [0, 0.05) is 11.1 Å². The van der Waals surface area contributed by atoms with E-state index in [0.29, 0.717) is 10.6 Å². The standard InChI is InChI=1S/C17H9ClF3NO2/c18-12-6-4-10(5-7-12)14-9-15(23)22(16(14)24)13-3-1-2-11(8-13)17(19,20)21/h1-9H. The molecule has 0 atom stereocenters. The predicted molar refractivity (Wildman–Crippen MR) is 83.4 cm³/mol. The lowest BCUT2D eigenvalue weighted by Gasteiger charge is -2.17. The summed E-state index contributed by atoms with van der Waals surface area (Å²) in [5.41, 5.74) is -0.484. The van der Waals surface area contributed by atoms with Crippen molar-refractivity contribution < 1.29 is 22.8 Å². The maximum Gasteiger partial charge on any atom is 0.416 e. The highest BCUT2D eigenvalue weighted by Gasteiger charge is 2.35. The van der Waals surface area contributed by atoms with Gasteiger partial charge in [0.25, 0.3) is 11.8 Å². The summed E-state index contributed by atoms with van der Waals surface area (Å²) in [4.78, 5) is 25.3. The zero-order valence-electron chi connectivity index (χ0n) is 12.0. The SMILES string of the molecule is O=C1C=C(c2ccc(Cl)cc2)C(=O)N1c1cccc(C(F)(F)F)c1. The van der Waals surface area contributed by atoms with E-state index in [1.807, 2.05) is 0 Å². The van der Waals surface area contributed by atoms with E-state index in [-0.39, 0.29) is 11.3 Å². The monoisotopic (exact) mass is 351 g/mol. The van der Waals surface area contributed by atoms with Crippen LogP contribution >= 0.6 is 11.6 Å². The van der Waals surface area contributed by atoms with Crippen molar-refractivity contribution in [3.05, 3.63) is 70.8 Å². The first-order valence-electron chi connectivity index (χ1n) is 6.81. The molecule has 3 nitrogen and oxygen atoms in total. The molecule has 0 spiro atoms. The van der Waals surface area contributed by atoms with E-state index >= 15 is 0 Å². The summed E-state index contributed by atoms with van der Waals surface area (Å²) in [7, 11) is 0. The van der Waals surface area contributed by atoms with Crippen molar-refractivity contribution in [2.45, 2.75) is 6.18 Å². The van der Waals surface area contributed by atoms with Gasteiger partial charge in [0.1, 0.15) is 0 Å². The van der Waals surface area contributed by atoms with Crippen LogP contribution in [0.5, 0.6) is 0 Å². The molecule has 2 aromatic carbocycles. The van der Waals surface area contributed by atoms with Crippen molar-refractivity contribution in [3.63, 3.8) is 0 Å². The van der Waals surface area contributed by atoms with E-state index < -0.39 is 23.6 Å². The fourth-order valence-electron chi connectivity index (χ4n) is 2.37. The second-order valence-electron chi connectivity index (χ2n) is 5.09. The molecule has 0 saturated carbocycles. The molecule has 1 aliphatic heterocycles. The highest BCUT2D eigenvalue weighted by molar-refractivity contribution is 6.43. The van der Waals surface area contributed by atoms with Crippen molar-refractivity contribution in [3.8, 4) is 0 Å². The van der Waals surface area contributed by atoms with Crippen molar-refractivity contribution in [2.75, 3.05) is 4.90 Å². The molecule has 0 aromatic heterocycles. The molecule has 3 rings (SSSR count). The largest absolute Gasteiger partial charge is 0.416 e. The van der Waals surface area contributed by atoms with E-state index in [2.05, 4.69) is 0 Å².